The zero-order valence-electron chi connectivity index (χ0n) is 14.2. The molecule has 7 heteroatoms. The molecule has 6 nitrogen and oxygen atoms in total. The van der Waals surface area contributed by atoms with Crippen molar-refractivity contribution in [3.8, 4) is 0 Å². The van der Waals surface area contributed by atoms with E-state index >= 15 is 0 Å². The highest BCUT2D eigenvalue weighted by Gasteiger charge is 2.50. The van der Waals surface area contributed by atoms with Gasteiger partial charge in [0.15, 0.2) is 0 Å². The van der Waals surface area contributed by atoms with Crippen LogP contribution in [0.1, 0.15) is 39.2 Å². The number of carbonyl (C=O) groups is 1. The maximum atomic E-state index is 14.1. The second-order valence-corrected chi connectivity index (χ2v) is 7.53. The third-order valence-electron chi connectivity index (χ3n) is 4.43. The molecule has 24 heavy (non-hydrogen) atoms. The normalized spacial score (nSPS) is 30.1. The van der Waals surface area contributed by atoms with Gasteiger partial charge in [0.25, 0.3) is 0 Å². The van der Waals surface area contributed by atoms with Crippen LogP contribution < -0.4 is 0 Å². The van der Waals surface area contributed by atoms with Gasteiger partial charge in [-0.1, -0.05) is 0 Å². The molecule has 0 spiro atoms. The third kappa shape index (κ3) is 3.23. The van der Waals surface area contributed by atoms with Crippen molar-refractivity contribution in [1.82, 2.24) is 9.88 Å². The van der Waals surface area contributed by atoms with Crippen molar-refractivity contribution < 1.29 is 23.8 Å². The van der Waals surface area contributed by atoms with E-state index in [1.807, 2.05) is 20.8 Å². The number of morpholine rings is 1. The molecule has 0 radical (unpaired) electrons. The molecule has 2 bridgehead atoms. The van der Waals surface area contributed by atoms with E-state index in [2.05, 4.69) is 4.98 Å². The van der Waals surface area contributed by atoms with Crippen molar-refractivity contribution in [1.29, 1.82) is 0 Å². The first-order chi connectivity index (χ1) is 11.2. The van der Waals surface area contributed by atoms with E-state index in [1.165, 1.54) is 12.3 Å². The van der Waals surface area contributed by atoms with Crippen molar-refractivity contribution in [2.45, 2.75) is 56.9 Å². The zero-order valence-corrected chi connectivity index (χ0v) is 14.2. The Balaban J connectivity index is 1.86. The summed E-state index contributed by atoms with van der Waals surface area (Å²) in [4.78, 5) is 17.9. The van der Waals surface area contributed by atoms with Crippen LogP contribution in [0.25, 0.3) is 0 Å². The van der Waals surface area contributed by atoms with Gasteiger partial charge in [-0.25, -0.2) is 9.18 Å². The van der Waals surface area contributed by atoms with Crippen molar-refractivity contribution in [2.75, 3.05) is 13.2 Å². The van der Waals surface area contributed by atoms with Gasteiger partial charge in [0.05, 0.1) is 37.1 Å². The Labute approximate surface area is 140 Å². The summed E-state index contributed by atoms with van der Waals surface area (Å²) in [5.41, 5.74) is -1.72. The van der Waals surface area contributed by atoms with Crippen LogP contribution in [-0.4, -0.2) is 52.0 Å². The second-order valence-electron chi connectivity index (χ2n) is 7.53. The molecule has 2 saturated heterocycles. The lowest BCUT2D eigenvalue weighted by Gasteiger charge is -2.51. The van der Waals surface area contributed by atoms with Gasteiger partial charge in [-0.05, 0) is 26.8 Å². The SMILES string of the molecule is CC(C)(C)OC(=O)N1C2COCC1CC(O)(c1ccncc1F)C2. The Bertz CT molecular complexity index is 617. The Morgan fingerprint density at radius 1 is 1.42 bits per heavy atom. The molecule has 3 rings (SSSR count). The first-order valence-corrected chi connectivity index (χ1v) is 8.11. The van der Waals surface area contributed by atoms with E-state index in [1.54, 1.807) is 4.90 Å². The number of aromatic nitrogens is 1. The molecule has 3 heterocycles. The number of piperidine rings is 1. The van der Waals surface area contributed by atoms with Crippen LogP contribution in [0.15, 0.2) is 18.5 Å². The number of hydrogen-bond donors (Lipinski definition) is 1. The minimum absolute atomic E-state index is 0.198. The van der Waals surface area contributed by atoms with Crippen LogP contribution in [0.2, 0.25) is 0 Å². The maximum Gasteiger partial charge on any atom is 0.410 e. The van der Waals surface area contributed by atoms with Gasteiger partial charge >= 0.3 is 6.09 Å². The number of hydrogen-bond acceptors (Lipinski definition) is 5. The molecule has 1 aromatic rings. The van der Waals surface area contributed by atoms with Crippen LogP contribution >= 0.6 is 0 Å². The van der Waals surface area contributed by atoms with Crippen LogP contribution in [0.3, 0.4) is 0 Å². The Morgan fingerprint density at radius 2 is 2.04 bits per heavy atom. The minimum Gasteiger partial charge on any atom is -0.444 e. The number of amides is 1. The summed E-state index contributed by atoms with van der Waals surface area (Å²) in [7, 11) is 0. The number of carbonyl (C=O) groups excluding carboxylic acids is 1. The van der Waals surface area contributed by atoms with E-state index in [-0.39, 0.29) is 30.5 Å². The molecule has 1 N–H and O–H groups in total. The summed E-state index contributed by atoms with van der Waals surface area (Å²) in [6, 6.07) is 0.782. The lowest BCUT2D eigenvalue weighted by Crippen LogP contribution is -2.63. The molecule has 2 aliphatic heterocycles. The molecule has 0 aliphatic carbocycles. The number of fused-ring (bicyclic) bond motifs is 2. The van der Waals surface area contributed by atoms with Gasteiger partial charge in [-0.15, -0.1) is 0 Å². The number of nitrogens with zero attached hydrogens (tertiary/aromatic N) is 2. The Kier molecular flexibility index (Phi) is 4.25. The minimum atomic E-state index is -1.34. The van der Waals surface area contributed by atoms with Gasteiger partial charge < -0.3 is 14.6 Å². The Hall–Kier alpha value is -1.73. The quantitative estimate of drug-likeness (QED) is 0.850. The molecule has 0 aromatic carbocycles. The van der Waals surface area contributed by atoms with Gasteiger partial charge in [-0.2, -0.15) is 0 Å². The largest absolute Gasteiger partial charge is 0.444 e. The molecule has 2 fully saturated rings. The highest BCUT2D eigenvalue weighted by molar-refractivity contribution is 5.69. The molecule has 2 unspecified atom stereocenters. The average molecular weight is 338 g/mol. The monoisotopic (exact) mass is 338 g/mol. The fourth-order valence-corrected chi connectivity index (χ4v) is 3.56. The van der Waals surface area contributed by atoms with E-state index in [9.17, 15) is 14.3 Å². The highest BCUT2D eigenvalue weighted by atomic mass is 19.1. The third-order valence-corrected chi connectivity index (χ3v) is 4.43. The summed E-state index contributed by atoms with van der Waals surface area (Å²) >= 11 is 0. The zero-order chi connectivity index (χ0) is 17.5. The number of halogens is 1. The van der Waals surface area contributed by atoms with Crippen LogP contribution in [0.5, 0.6) is 0 Å². The maximum absolute atomic E-state index is 14.1. The van der Waals surface area contributed by atoms with Crippen molar-refractivity contribution >= 4 is 6.09 Å². The van der Waals surface area contributed by atoms with E-state index in [4.69, 9.17) is 9.47 Å². The summed E-state index contributed by atoms with van der Waals surface area (Å²) in [6.45, 7) is 6.02. The summed E-state index contributed by atoms with van der Waals surface area (Å²) in [5, 5.41) is 11.1. The van der Waals surface area contributed by atoms with Gasteiger partial charge in [-0.3, -0.25) is 9.88 Å². The molecule has 0 saturated carbocycles. The molecule has 132 valence electrons. The van der Waals surface area contributed by atoms with Gasteiger partial charge in [0.1, 0.15) is 11.4 Å². The Morgan fingerprint density at radius 3 is 2.58 bits per heavy atom. The van der Waals surface area contributed by atoms with E-state index in [0.717, 1.165) is 6.20 Å². The number of ether oxygens (including phenoxy) is 2. The average Bonchev–Trinajstić information content (AvgIpc) is 2.44. The topological polar surface area (TPSA) is 71.9 Å². The molecule has 2 atom stereocenters. The lowest BCUT2D eigenvalue weighted by molar-refractivity contribution is -0.142. The predicted octanol–water partition coefficient (Wildman–Crippen LogP) is 2.21. The molecular formula is C17H23FN2O4. The van der Waals surface area contributed by atoms with Crippen molar-refractivity contribution in [3.63, 3.8) is 0 Å². The van der Waals surface area contributed by atoms with E-state index in [0.29, 0.717) is 13.2 Å². The smallest absolute Gasteiger partial charge is 0.410 e. The number of aliphatic hydroxyl groups is 1. The number of pyridine rings is 1. The highest BCUT2D eigenvalue weighted by Crippen LogP contribution is 2.42. The van der Waals surface area contributed by atoms with E-state index < -0.39 is 23.1 Å². The summed E-state index contributed by atoms with van der Waals surface area (Å²) in [5.74, 6) is -0.537. The van der Waals surface area contributed by atoms with Crippen molar-refractivity contribution in [2.24, 2.45) is 0 Å². The molecule has 1 amide bonds. The molecular weight excluding hydrogens is 315 g/mol. The number of rotatable bonds is 1. The van der Waals surface area contributed by atoms with Gasteiger partial charge in [0, 0.05) is 24.6 Å². The van der Waals surface area contributed by atoms with Crippen LogP contribution in [0, 0.1) is 5.82 Å². The van der Waals surface area contributed by atoms with Gasteiger partial charge in [0.2, 0.25) is 0 Å². The molecule has 1 aromatic heterocycles. The molecule has 2 aliphatic rings. The van der Waals surface area contributed by atoms with Crippen molar-refractivity contribution in [3.05, 3.63) is 29.8 Å². The fraction of sp³-hybridized carbons (Fsp3) is 0.647. The van der Waals surface area contributed by atoms with Crippen LogP contribution in [-0.2, 0) is 15.1 Å². The standard InChI is InChI=1S/C17H23FN2O4/c1-16(2,3)24-15(21)20-11-6-17(22,7-12(20)10-23-9-11)13-4-5-19-8-14(13)18/h4-5,8,11-12,22H,6-7,9-10H2,1-3H3. The lowest BCUT2D eigenvalue weighted by atomic mass is 9.77. The summed E-state index contributed by atoms with van der Waals surface area (Å²) in [6.07, 6.45) is 2.54. The predicted molar refractivity (Wildman–Crippen MR) is 83.8 cm³/mol. The first-order valence-electron chi connectivity index (χ1n) is 8.11. The summed E-state index contributed by atoms with van der Waals surface area (Å²) < 4.78 is 25.1. The fourth-order valence-electron chi connectivity index (χ4n) is 3.56. The second kappa shape index (κ2) is 5.97. The first kappa shape index (κ1) is 17.1. The van der Waals surface area contributed by atoms with Crippen LogP contribution in [0.4, 0.5) is 9.18 Å².